The number of aliphatic hydroxyl groups is 1. The van der Waals surface area contributed by atoms with Gasteiger partial charge in [0.2, 0.25) is 10.0 Å². The third-order valence-electron chi connectivity index (χ3n) is 3.35. The van der Waals surface area contributed by atoms with E-state index >= 15 is 0 Å². The van der Waals surface area contributed by atoms with Crippen LogP contribution in [0.5, 0.6) is 0 Å². The third kappa shape index (κ3) is 6.68. The largest absolute Gasteiger partial charge is 0.389 e. The molecule has 0 atom stereocenters. The van der Waals surface area contributed by atoms with Crippen LogP contribution in [0.15, 0.2) is 0 Å². The molecule has 0 heterocycles. The van der Waals surface area contributed by atoms with Gasteiger partial charge >= 0.3 is 0 Å². The Kier molecular flexibility index (Phi) is 8.02. The van der Waals surface area contributed by atoms with Crippen LogP contribution in [-0.4, -0.2) is 55.9 Å². The van der Waals surface area contributed by atoms with Gasteiger partial charge in [0.15, 0.2) is 0 Å². The fourth-order valence-corrected chi connectivity index (χ4v) is 2.69. The van der Waals surface area contributed by atoms with Gasteiger partial charge in [-0.25, -0.2) is 12.7 Å². The lowest BCUT2D eigenvalue weighted by atomic mass is 9.98. The summed E-state index contributed by atoms with van der Waals surface area (Å²) in [7, 11) is -3.08. The average molecular weight is 280 g/mol. The number of hydrogen-bond acceptors (Lipinski definition) is 4. The lowest BCUT2D eigenvalue weighted by molar-refractivity contribution is 0.0326. The molecule has 0 aromatic carbocycles. The van der Waals surface area contributed by atoms with Gasteiger partial charge in [-0.2, -0.15) is 0 Å². The summed E-state index contributed by atoms with van der Waals surface area (Å²) in [4.78, 5) is 0. The van der Waals surface area contributed by atoms with Crippen LogP contribution in [0.4, 0.5) is 0 Å². The number of nitrogens with zero attached hydrogens (tertiary/aromatic N) is 1. The zero-order valence-corrected chi connectivity index (χ0v) is 12.9. The number of rotatable bonds is 10. The molecule has 110 valence electrons. The van der Waals surface area contributed by atoms with Gasteiger partial charge in [0.05, 0.1) is 11.9 Å². The van der Waals surface area contributed by atoms with E-state index < -0.39 is 15.6 Å². The molecule has 0 bridgehead atoms. The highest BCUT2D eigenvalue weighted by molar-refractivity contribution is 7.88. The van der Waals surface area contributed by atoms with Crippen LogP contribution >= 0.6 is 0 Å². The first-order chi connectivity index (χ1) is 8.29. The molecule has 6 heteroatoms. The molecular weight excluding hydrogens is 252 g/mol. The van der Waals surface area contributed by atoms with Crippen molar-refractivity contribution < 1.29 is 13.5 Å². The smallest absolute Gasteiger partial charge is 0.211 e. The van der Waals surface area contributed by atoms with E-state index in [4.69, 9.17) is 0 Å². The molecule has 0 amide bonds. The molecule has 0 fully saturated rings. The predicted molar refractivity (Wildman–Crippen MR) is 75.1 cm³/mol. The maximum atomic E-state index is 11.3. The monoisotopic (exact) mass is 280 g/mol. The highest BCUT2D eigenvalue weighted by Crippen LogP contribution is 2.12. The Morgan fingerprint density at radius 3 is 2.17 bits per heavy atom. The lowest BCUT2D eigenvalue weighted by Crippen LogP contribution is -2.40. The van der Waals surface area contributed by atoms with E-state index in [-0.39, 0.29) is 0 Å². The molecule has 18 heavy (non-hydrogen) atoms. The Labute approximate surface area is 112 Å². The van der Waals surface area contributed by atoms with Crippen LogP contribution < -0.4 is 5.32 Å². The van der Waals surface area contributed by atoms with Crippen molar-refractivity contribution in [3.8, 4) is 0 Å². The molecule has 0 unspecified atom stereocenters. The maximum Gasteiger partial charge on any atom is 0.211 e. The lowest BCUT2D eigenvalue weighted by Gasteiger charge is -2.25. The Balaban J connectivity index is 3.87. The summed E-state index contributed by atoms with van der Waals surface area (Å²) >= 11 is 0. The Bertz CT molecular complexity index is 313. The Morgan fingerprint density at radius 1 is 1.22 bits per heavy atom. The standard InChI is InChI=1S/C12H28N2O3S/c1-5-12(15,6-2)11-13-9-8-10-14(7-3)18(4,16)17/h13,15H,5-11H2,1-4H3. The summed E-state index contributed by atoms with van der Waals surface area (Å²) < 4.78 is 24.1. The second kappa shape index (κ2) is 8.09. The van der Waals surface area contributed by atoms with Crippen molar-refractivity contribution in [2.45, 2.75) is 45.6 Å². The first-order valence-corrected chi connectivity index (χ1v) is 8.52. The summed E-state index contributed by atoms with van der Waals surface area (Å²) in [5.74, 6) is 0. The minimum atomic E-state index is -3.08. The Hall–Kier alpha value is -0.170. The quantitative estimate of drug-likeness (QED) is 0.581. The summed E-state index contributed by atoms with van der Waals surface area (Å²) in [6.45, 7) is 8.08. The van der Waals surface area contributed by atoms with Crippen LogP contribution in [0.2, 0.25) is 0 Å². The maximum absolute atomic E-state index is 11.3. The van der Waals surface area contributed by atoms with Gasteiger partial charge in [-0.05, 0) is 25.8 Å². The van der Waals surface area contributed by atoms with Crippen molar-refractivity contribution in [1.29, 1.82) is 0 Å². The molecule has 0 aliphatic rings. The van der Waals surface area contributed by atoms with Gasteiger partial charge in [-0.3, -0.25) is 0 Å². The number of nitrogens with one attached hydrogen (secondary N) is 1. The zero-order chi connectivity index (χ0) is 14.2. The minimum Gasteiger partial charge on any atom is -0.389 e. The molecule has 0 saturated carbocycles. The number of hydrogen-bond donors (Lipinski definition) is 2. The van der Waals surface area contributed by atoms with E-state index in [2.05, 4.69) is 5.32 Å². The van der Waals surface area contributed by atoms with Crippen molar-refractivity contribution in [3.63, 3.8) is 0 Å². The van der Waals surface area contributed by atoms with Crippen molar-refractivity contribution in [1.82, 2.24) is 9.62 Å². The van der Waals surface area contributed by atoms with Crippen molar-refractivity contribution in [2.75, 3.05) is 32.4 Å². The highest BCUT2D eigenvalue weighted by atomic mass is 32.2. The third-order valence-corrected chi connectivity index (χ3v) is 4.73. The first-order valence-electron chi connectivity index (χ1n) is 6.67. The second-order valence-electron chi connectivity index (χ2n) is 4.72. The Morgan fingerprint density at radius 2 is 1.78 bits per heavy atom. The van der Waals surface area contributed by atoms with Gasteiger partial charge in [-0.15, -0.1) is 0 Å². The summed E-state index contributed by atoms with van der Waals surface area (Å²) in [5.41, 5.74) is -0.638. The summed E-state index contributed by atoms with van der Waals surface area (Å²) in [6.07, 6.45) is 3.43. The average Bonchev–Trinajstić information content (AvgIpc) is 2.31. The van der Waals surface area contributed by atoms with Crippen LogP contribution in [0.3, 0.4) is 0 Å². The molecule has 0 rings (SSSR count). The van der Waals surface area contributed by atoms with Crippen LogP contribution in [-0.2, 0) is 10.0 Å². The molecule has 2 N–H and O–H groups in total. The van der Waals surface area contributed by atoms with E-state index in [1.54, 1.807) is 0 Å². The van der Waals surface area contributed by atoms with Gasteiger partial charge in [-0.1, -0.05) is 20.8 Å². The van der Waals surface area contributed by atoms with Gasteiger partial charge in [0.1, 0.15) is 0 Å². The van der Waals surface area contributed by atoms with E-state index in [0.717, 1.165) is 19.3 Å². The fourth-order valence-electron chi connectivity index (χ4n) is 1.76. The molecule has 0 aliphatic carbocycles. The van der Waals surface area contributed by atoms with Crippen molar-refractivity contribution in [2.24, 2.45) is 0 Å². The molecule has 0 aliphatic heterocycles. The van der Waals surface area contributed by atoms with Crippen LogP contribution in [0.25, 0.3) is 0 Å². The minimum absolute atomic E-state index is 0.507. The molecule has 0 spiro atoms. The molecule has 5 nitrogen and oxygen atoms in total. The normalized spacial score (nSPS) is 13.2. The van der Waals surface area contributed by atoms with Crippen LogP contribution in [0.1, 0.15) is 40.0 Å². The van der Waals surface area contributed by atoms with E-state index in [1.165, 1.54) is 10.6 Å². The van der Waals surface area contributed by atoms with Crippen molar-refractivity contribution in [3.05, 3.63) is 0 Å². The fraction of sp³-hybridized carbons (Fsp3) is 1.00. The molecule has 0 aromatic heterocycles. The molecule has 0 aromatic rings. The topological polar surface area (TPSA) is 69.6 Å². The molecule has 0 saturated heterocycles. The van der Waals surface area contributed by atoms with Gasteiger partial charge < -0.3 is 10.4 Å². The predicted octanol–water partition coefficient (Wildman–Crippen LogP) is 0.799. The van der Waals surface area contributed by atoms with E-state index in [0.29, 0.717) is 26.2 Å². The number of sulfonamides is 1. The van der Waals surface area contributed by atoms with Crippen LogP contribution in [0, 0.1) is 0 Å². The SMILES string of the molecule is CCN(CCCNCC(O)(CC)CC)S(C)(=O)=O. The van der Waals surface area contributed by atoms with Gasteiger partial charge in [0, 0.05) is 19.6 Å². The van der Waals surface area contributed by atoms with Gasteiger partial charge in [0.25, 0.3) is 0 Å². The molecular formula is C12H28N2O3S. The highest BCUT2D eigenvalue weighted by Gasteiger charge is 2.21. The second-order valence-corrected chi connectivity index (χ2v) is 6.70. The molecule has 0 radical (unpaired) electrons. The van der Waals surface area contributed by atoms with E-state index in [9.17, 15) is 13.5 Å². The van der Waals surface area contributed by atoms with E-state index in [1.807, 2.05) is 20.8 Å². The zero-order valence-electron chi connectivity index (χ0n) is 12.1. The summed E-state index contributed by atoms with van der Waals surface area (Å²) in [5, 5.41) is 13.2. The van der Waals surface area contributed by atoms with Crippen molar-refractivity contribution >= 4 is 10.0 Å². The summed E-state index contributed by atoms with van der Waals surface area (Å²) in [6, 6.07) is 0. The first kappa shape index (κ1) is 17.8.